The smallest absolute Gasteiger partial charge is 0.236 e. The van der Waals surface area contributed by atoms with Crippen LogP contribution in [-0.2, 0) is 4.79 Å². The summed E-state index contributed by atoms with van der Waals surface area (Å²) in [5.41, 5.74) is 11.4. The fourth-order valence-electron chi connectivity index (χ4n) is 1.59. The Balaban J connectivity index is 2.90. The van der Waals surface area contributed by atoms with Gasteiger partial charge in [0.1, 0.15) is 10.8 Å². The van der Waals surface area contributed by atoms with Crippen molar-refractivity contribution in [3.8, 4) is 0 Å². The van der Waals surface area contributed by atoms with Crippen molar-refractivity contribution < 1.29 is 4.79 Å². The van der Waals surface area contributed by atoms with Gasteiger partial charge in [0.25, 0.3) is 0 Å². The predicted octanol–water partition coefficient (Wildman–Crippen LogP) is 0.663. The number of nitrogens with zero attached hydrogens (tertiary/aromatic N) is 2. The Morgan fingerprint density at radius 1 is 1.44 bits per heavy atom. The topological polar surface area (TPSA) is 85.2 Å². The molecular weight excluding hydrogens is 248 g/mol. The molecule has 1 rings (SSSR count). The van der Waals surface area contributed by atoms with E-state index in [0.717, 1.165) is 0 Å². The second-order valence-corrected chi connectivity index (χ2v) is 4.95. The number of carbonyl (C=O) groups excluding carboxylic acids is 1. The number of anilines is 1. The first-order valence-electron chi connectivity index (χ1n) is 5.69. The van der Waals surface area contributed by atoms with Crippen molar-refractivity contribution in [3.63, 3.8) is 0 Å². The number of thiocarbonyl (C=S) groups is 1. The van der Waals surface area contributed by atoms with Crippen molar-refractivity contribution in [3.05, 3.63) is 23.9 Å². The van der Waals surface area contributed by atoms with Gasteiger partial charge in [-0.15, -0.1) is 0 Å². The van der Waals surface area contributed by atoms with Crippen molar-refractivity contribution in [2.75, 3.05) is 18.0 Å². The second kappa shape index (κ2) is 6.30. The summed E-state index contributed by atoms with van der Waals surface area (Å²) >= 11 is 4.86. The van der Waals surface area contributed by atoms with Gasteiger partial charge >= 0.3 is 0 Å². The molecule has 4 N–H and O–H groups in total. The van der Waals surface area contributed by atoms with E-state index in [4.69, 9.17) is 23.7 Å². The average Bonchev–Trinajstić information content (AvgIpc) is 2.27. The Morgan fingerprint density at radius 3 is 2.50 bits per heavy atom. The lowest BCUT2D eigenvalue weighted by Crippen LogP contribution is -2.36. The van der Waals surface area contributed by atoms with Gasteiger partial charge in [0.05, 0.1) is 6.54 Å². The molecule has 0 aromatic carbocycles. The van der Waals surface area contributed by atoms with Gasteiger partial charge in [0.15, 0.2) is 0 Å². The van der Waals surface area contributed by atoms with Crippen molar-refractivity contribution in [1.82, 2.24) is 4.98 Å². The summed E-state index contributed by atoms with van der Waals surface area (Å²) in [5, 5.41) is 0. The zero-order valence-corrected chi connectivity index (χ0v) is 11.4. The molecule has 0 radical (unpaired) electrons. The lowest BCUT2D eigenvalue weighted by molar-refractivity contribution is -0.116. The van der Waals surface area contributed by atoms with Crippen LogP contribution in [0.5, 0.6) is 0 Å². The van der Waals surface area contributed by atoms with Crippen LogP contribution in [0.2, 0.25) is 0 Å². The number of primary amides is 1. The fraction of sp³-hybridized carbons (Fsp3) is 0.417. The third-order valence-electron chi connectivity index (χ3n) is 2.29. The van der Waals surface area contributed by atoms with Crippen LogP contribution in [-0.4, -0.2) is 29.0 Å². The molecule has 0 saturated heterocycles. The number of amides is 1. The molecule has 18 heavy (non-hydrogen) atoms. The van der Waals surface area contributed by atoms with E-state index >= 15 is 0 Å². The molecular formula is C12H18N4OS. The quantitative estimate of drug-likeness (QED) is 0.739. The lowest BCUT2D eigenvalue weighted by atomic mass is 10.2. The van der Waals surface area contributed by atoms with Crippen LogP contribution in [0.1, 0.15) is 19.4 Å². The summed E-state index contributed by atoms with van der Waals surface area (Å²) in [7, 11) is 0. The van der Waals surface area contributed by atoms with Crippen molar-refractivity contribution >= 4 is 28.9 Å². The highest BCUT2D eigenvalue weighted by atomic mass is 32.1. The van der Waals surface area contributed by atoms with Crippen LogP contribution in [0.25, 0.3) is 0 Å². The molecule has 0 unspecified atom stereocenters. The summed E-state index contributed by atoms with van der Waals surface area (Å²) in [6.45, 7) is 4.99. The monoisotopic (exact) mass is 266 g/mol. The Hall–Kier alpha value is -1.69. The van der Waals surface area contributed by atoms with Gasteiger partial charge in [-0.3, -0.25) is 4.79 Å². The van der Waals surface area contributed by atoms with Crippen LogP contribution in [0.4, 0.5) is 5.82 Å². The molecule has 0 atom stereocenters. The molecule has 98 valence electrons. The lowest BCUT2D eigenvalue weighted by Gasteiger charge is -2.24. The molecule has 1 aromatic heterocycles. The van der Waals surface area contributed by atoms with E-state index in [2.05, 4.69) is 18.8 Å². The van der Waals surface area contributed by atoms with E-state index < -0.39 is 0 Å². The number of rotatable bonds is 6. The highest BCUT2D eigenvalue weighted by Gasteiger charge is 2.12. The molecule has 1 amide bonds. The highest BCUT2D eigenvalue weighted by molar-refractivity contribution is 7.80. The summed E-state index contributed by atoms with van der Waals surface area (Å²) in [6, 6.07) is 3.58. The van der Waals surface area contributed by atoms with Gasteiger partial charge in [0, 0.05) is 18.3 Å². The summed E-state index contributed by atoms with van der Waals surface area (Å²) in [6.07, 6.45) is 1.60. The Kier molecular flexibility index (Phi) is 5.03. The van der Waals surface area contributed by atoms with Crippen LogP contribution in [0.15, 0.2) is 18.3 Å². The SMILES string of the molecule is CC(C)CN(CC(N)=O)c1ccc(C(N)=S)cn1. The molecule has 0 aliphatic rings. The number of nitrogens with two attached hydrogens (primary N) is 2. The fourth-order valence-corrected chi connectivity index (χ4v) is 1.71. The zero-order valence-electron chi connectivity index (χ0n) is 10.6. The maximum absolute atomic E-state index is 11.1. The molecule has 0 spiro atoms. The zero-order chi connectivity index (χ0) is 13.7. The maximum atomic E-state index is 11.1. The minimum atomic E-state index is -0.379. The first-order chi connectivity index (χ1) is 8.40. The first kappa shape index (κ1) is 14.4. The maximum Gasteiger partial charge on any atom is 0.236 e. The van der Waals surface area contributed by atoms with Crippen LogP contribution in [0.3, 0.4) is 0 Å². The number of carbonyl (C=O) groups is 1. The Morgan fingerprint density at radius 2 is 2.11 bits per heavy atom. The molecule has 5 nitrogen and oxygen atoms in total. The van der Waals surface area contributed by atoms with E-state index in [1.807, 2.05) is 4.90 Å². The molecule has 1 heterocycles. The Labute approximate surface area is 112 Å². The van der Waals surface area contributed by atoms with Gasteiger partial charge in [-0.2, -0.15) is 0 Å². The third-order valence-corrected chi connectivity index (χ3v) is 2.52. The van der Waals surface area contributed by atoms with Crippen molar-refractivity contribution in [2.45, 2.75) is 13.8 Å². The van der Waals surface area contributed by atoms with E-state index in [-0.39, 0.29) is 12.5 Å². The molecule has 6 heteroatoms. The van der Waals surface area contributed by atoms with E-state index in [0.29, 0.717) is 28.8 Å². The van der Waals surface area contributed by atoms with E-state index in [9.17, 15) is 4.79 Å². The van der Waals surface area contributed by atoms with Crippen LogP contribution in [0, 0.1) is 5.92 Å². The largest absolute Gasteiger partial charge is 0.389 e. The summed E-state index contributed by atoms with van der Waals surface area (Å²) in [5.74, 6) is 0.722. The second-order valence-electron chi connectivity index (χ2n) is 4.51. The summed E-state index contributed by atoms with van der Waals surface area (Å²) in [4.78, 5) is 17.5. The minimum Gasteiger partial charge on any atom is -0.389 e. The summed E-state index contributed by atoms with van der Waals surface area (Å²) < 4.78 is 0. The van der Waals surface area contributed by atoms with Crippen molar-refractivity contribution in [2.24, 2.45) is 17.4 Å². The Bertz CT molecular complexity index is 430. The highest BCUT2D eigenvalue weighted by Crippen LogP contribution is 2.13. The third kappa shape index (κ3) is 4.29. The van der Waals surface area contributed by atoms with Gasteiger partial charge in [-0.1, -0.05) is 26.1 Å². The normalized spacial score (nSPS) is 10.4. The van der Waals surface area contributed by atoms with E-state index in [1.165, 1.54) is 0 Å². The molecule has 0 fully saturated rings. The molecule has 0 aliphatic heterocycles. The molecule has 0 bridgehead atoms. The number of aromatic nitrogens is 1. The van der Waals surface area contributed by atoms with Gasteiger partial charge in [0.2, 0.25) is 5.91 Å². The van der Waals surface area contributed by atoms with Crippen LogP contribution >= 0.6 is 12.2 Å². The van der Waals surface area contributed by atoms with Gasteiger partial charge in [-0.25, -0.2) is 4.98 Å². The molecule has 0 aliphatic carbocycles. The van der Waals surface area contributed by atoms with E-state index in [1.54, 1.807) is 18.3 Å². The first-order valence-corrected chi connectivity index (χ1v) is 6.10. The molecule has 0 saturated carbocycles. The average molecular weight is 266 g/mol. The standard InChI is InChI=1S/C12H18N4OS/c1-8(2)6-16(7-10(13)17)11-4-3-9(5-15-11)12(14)18/h3-5,8H,6-7H2,1-2H3,(H2,13,17)(H2,14,18). The predicted molar refractivity (Wildman–Crippen MR) is 76.4 cm³/mol. The molecule has 1 aromatic rings. The number of pyridine rings is 1. The van der Waals surface area contributed by atoms with Gasteiger partial charge < -0.3 is 16.4 Å². The van der Waals surface area contributed by atoms with Crippen molar-refractivity contribution in [1.29, 1.82) is 0 Å². The number of hydrogen-bond acceptors (Lipinski definition) is 4. The minimum absolute atomic E-state index is 0.150. The number of hydrogen-bond donors (Lipinski definition) is 2. The van der Waals surface area contributed by atoms with Gasteiger partial charge in [-0.05, 0) is 18.1 Å². The van der Waals surface area contributed by atoms with Crippen LogP contribution < -0.4 is 16.4 Å².